The Bertz CT molecular complexity index is 293. The maximum Gasteiger partial charge on any atom is 0.138 e. The van der Waals surface area contributed by atoms with Crippen LogP contribution in [0.15, 0.2) is 0 Å². The Labute approximate surface area is 104 Å². The van der Waals surface area contributed by atoms with Gasteiger partial charge in [-0.2, -0.15) is 11.8 Å². The summed E-state index contributed by atoms with van der Waals surface area (Å²) in [5, 5.41) is 4.01. The van der Waals surface area contributed by atoms with Crippen molar-refractivity contribution < 1.29 is 0 Å². The predicted octanol–water partition coefficient (Wildman–Crippen LogP) is 2.76. The van der Waals surface area contributed by atoms with Gasteiger partial charge in [0.2, 0.25) is 0 Å². The van der Waals surface area contributed by atoms with Gasteiger partial charge in [0, 0.05) is 29.9 Å². The van der Waals surface area contributed by atoms with E-state index < -0.39 is 0 Å². The molecule has 0 aliphatic heterocycles. The van der Waals surface area contributed by atoms with Crippen LogP contribution < -0.4 is 0 Å². The minimum atomic E-state index is 0.535. The Hall–Kier alpha value is 0.160. The predicted molar refractivity (Wildman–Crippen MR) is 68.8 cm³/mol. The lowest BCUT2D eigenvalue weighted by molar-refractivity contribution is 0.266. The standard InChI is InChI=1S/C9H16ClN3S2/c1-4-14-6-7(2)13(3)5-8-9(10)15-12-11-8/h7H,4-6H2,1-3H3. The first-order chi connectivity index (χ1) is 7.15. The van der Waals surface area contributed by atoms with Gasteiger partial charge in [-0.25, -0.2) is 0 Å². The third-order valence-electron chi connectivity index (χ3n) is 2.22. The van der Waals surface area contributed by atoms with E-state index in [1.165, 1.54) is 11.5 Å². The third-order valence-corrected chi connectivity index (χ3v) is 4.33. The van der Waals surface area contributed by atoms with Crippen LogP contribution >= 0.6 is 34.9 Å². The molecule has 0 bridgehead atoms. The highest BCUT2D eigenvalue weighted by atomic mass is 35.5. The number of nitrogens with zero attached hydrogens (tertiary/aromatic N) is 3. The van der Waals surface area contributed by atoms with Gasteiger partial charge in [-0.1, -0.05) is 23.0 Å². The molecule has 0 N–H and O–H groups in total. The van der Waals surface area contributed by atoms with Crippen LogP contribution in [0.25, 0.3) is 0 Å². The number of rotatable bonds is 6. The van der Waals surface area contributed by atoms with Crippen LogP contribution in [-0.2, 0) is 6.54 Å². The van der Waals surface area contributed by atoms with Crippen molar-refractivity contribution in [1.29, 1.82) is 0 Å². The van der Waals surface area contributed by atoms with Crippen molar-refractivity contribution in [1.82, 2.24) is 14.5 Å². The topological polar surface area (TPSA) is 29.0 Å². The molecule has 1 atom stereocenters. The van der Waals surface area contributed by atoms with Crippen molar-refractivity contribution in [3.63, 3.8) is 0 Å². The highest BCUT2D eigenvalue weighted by molar-refractivity contribution is 7.99. The third kappa shape index (κ3) is 4.26. The van der Waals surface area contributed by atoms with Crippen LogP contribution in [0, 0.1) is 0 Å². The average Bonchev–Trinajstić information content (AvgIpc) is 2.61. The molecule has 0 aromatic carbocycles. The second kappa shape index (κ2) is 6.68. The van der Waals surface area contributed by atoms with Crippen LogP contribution in [0.5, 0.6) is 0 Å². The van der Waals surface area contributed by atoms with E-state index in [0.717, 1.165) is 23.7 Å². The Balaban J connectivity index is 2.41. The van der Waals surface area contributed by atoms with Crippen molar-refractivity contribution in [3.8, 4) is 0 Å². The summed E-state index contributed by atoms with van der Waals surface area (Å²) in [6.07, 6.45) is 0. The summed E-state index contributed by atoms with van der Waals surface area (Å²) in [5.41, 5.74) is 0.887. The van der Waals surface area contributed by atoms with Gasteiger partial charge in [-0.3, -0.25) is 4.90 Å². The van der Waals surface area contributed by atoms with E-state index in [2.05, 4.69) is 35.4 Å². The van der Waals surface area contributed by atoms with Gasteiger partial charge in [0.1, 0.15) is 10.0 Å². The Morgan fingerprint density at radius 3 is 2.87 bits per heavy atom. The molecule has 0 fully saturated rings. The molecule has 0 spiro atoms. The first-order valence-corrected chi connectivity index (χ1v) is 7.20. The maximum absolute atomic E-state index is 5.95. The molecule has 0 aliphatic carbocycles. The smallest absolute Gasteiger partial charge is 0.138 e. The first-order valence-electron chi connectivity index (χ1n) is 4.89. The van der Waals surface area contributed by atoms with E-state index in [1.807, 2.05) is 11.8 Å². The molecule has 1 aromatic rings. The monoisotopic (exact) mass is 265 g/mol. The summed E-state index contributed by atoms with van der Waals surface area (Å²) >= 11 is 9.16. The second-order valence-corrected chi connectivity index (χ2v) is 6.09. The molecule has 0 aliphatic rings. The fourth-order valence-corrected chi connectivity index (χ4v) is 2.54. The van der Waals surface area contributed by atoms with E-state index in [0.29, 0.717) is 10.4 Å². The molecule has 15 heavy (non-hydrogen) atoms. The number of thioether (sulfide) groups is 1. The molecule has 86 valence electrons. The fourth-order valence-electron chi connectivity index (χ4n) is 1.10. The minimum Gasteiger partial charge on any atom is -0.297 e. The molecule has 0 amide bonds. The van der Waals surface area contributed by atoms with Crippen LogP contribution in [0.3, 0.4) is 0 Å². The van der Waals surface area contributed by atoms with E-state index in [-0.39, 0.29) is 0 Å². The van der Waals surface area contributed by atoms with E-state index in [9.17, 15) is 0 Å². The number of hydrogen-bond acceptors (Lipinski definition) is 5. The van der Waals surface area contributed by atoms with Crippen molar-refractivity contribution in [2.75, 3.05) is 18.6 Å². The highest BCUT2D eigenvalue weighted by Crippen LogP contribution is 2.19. The van der Waals surface area contributed by atoms with Crippen molar-refractivity contribution in [3.05, 3.63) is 10.0 Å². The molecule has 6 heteroatoms. The summed E-state index contributed by atoms with van der Waals surface area (Å²) < 4.78 is 4.53. The van der Waals surface area contributed by atoms with E-state index >= 15 is 0 Å². The normalized spacial score (nSPS) is 13.4. The van der Waals surface area contributed by atoms with Crippen LogP contribution in [0.4, 0.5) is 0 Å². The summed E-state index contributed by atoms with van der Waals surface area (Å²) in [5.74, 6) is 2.30. The fraction of sp³-hybridized carbons (Fsp3) is 0.778. The van der Waals surface area contributed by atoms with E-state index in [1.54, 1.807) is 0 Å². The molecular weight excluding hydrogens is 250 g/mol. The summed E-state index contributed by atoms with van der Waals surface area (Å²) in [6.45, 7) is 5.18. The number of halogens is 1. The van der Waals surface area contributed by atoms with Gasteiger partial charge < -0.3 is 0 Å². The quantitative estimate of drug-likeness (QED) is 0.791. The van der Waals surface area contributed by atoms with Crippen molar-refractivity contribution in [2.45, 2.75) is 26.4 Å². The Morgan fingerprint density at radius 2 is 2.33 bits per heavy atom. The zero-order chi connectivity index (χ0) is 11.3. The zero-order valence-corrected chi connectivity index (χ0v) is 11.6. The molecule has 0 saturated heterocycles. The van der Waals surface area contributed by atoms with E-state index in [4.69, 9.17) is 11.6 Å². The van der Waals surface area contributed by atoms with Gasteiger partial charge in [0.25, 0.3) is 0 Å². The van der Waals surface area contributed by atoms with Crippen LogP contribution in [-0.4, -0.2) is 39.1 Å². The van der Waals surface area contributed by atoms with Crippen molar-refractivity contribution in [2.24, 2.45) is 0 Å². The Morgan fingerprint density at radius 1 is 1.60 bits per heavy atom. The molecule has 1 heterocycles. The number of aromatic nitrogens is 2. The highest BCUT2D eigenvalue weighted by Gasteiger charge is 2.13. The summed E-state index contributed by atoms with van der Waals surface area (Å²) in [7, 11) is 2.09. The first kappa shape index (κ1) is 13.2. The molecule has 0 radical (unpaired) electrons. The van der Waals surface area contributed by atoms with Gasteiger partial charge in [0.15, 0.2) is 0 Å². The van der Waals surface area contributed by atoms with Crippen LogP contribution in [0.1, 0.15) is 19.5 Å². The van der Waals surface area contributed by atoms with Gasteiger partial charge >= 0.3 is 0 Å². The van der Waals surface area contributed by atoms with Gasteiger partial charge in [-0.05, 0) is 19.7 Å². The lowest BCUT2D eigenvalue weighted by atomic mass is 10.3. The molecule has 0 saturated carbocycles. The second-order valence-electron chi connectivity index (χ2n) is 3.42. The lowest BCUT2D eigenvalue weighted by Gasteiger charge is -2.23. The zero-order valence-electron chi connectivity index (χ0n) is 9.23. The molecule has 3 nitrogen and oxygen atoms in total. The molecule has 1 unspecified atom stereocenters. The molecule has 1 aromatic heterocycles. The maximum atomic E-state index is 5.95. The van der Waals surface area contributed by atoms with Crippen LogP contribution in [0.2, 0.25) is 4.34 Å². The average molecular weight is 266 g/mol. The van der Waals surface area contributed by atoms with Gasteiger partial charge in [0.05, 0.1) is 0 Å². The SMILES string of the molecule is CCSCC(C)N(C)Cc1nnsc1Cl. The summed E-state index contributed by atoms with van der Waals surface area (Å²) in [6, 6.07) is 0.535. The molecule has 1 rings (SSSR count). The van der Waals surface area contributed by atoms with Crippen molar-refractivity contribution >= 4 is 34.9 Å². The van der Waals surface area contributed by atoms with Gasteiger partial charge in [-0.15, -0.1) is 5.10 Å². The largest absolute Gasteiger partial charge is 0.297 e. The summed E-state index contributed by atoms with van der Waals surface area (Å²) in [4.78, 5) is 2.26. The lowest BCUT2D eigenvalue weighted by Crippen LogP contribution is -2.30. The Kier molecular flexibility index (Phi) is 5.89. The minimum absolute atomic E-state index is 0.535. The molecular formula is C9H16ClN3S2. The number of hydrogen-bond donors (Lipinski definition) is 0.